The Kier molecular flexibility index (Phi) is 3.90. The standard InChI is InChI=1S/C16H19ClN2O2/c1-15(2)13(19-9-20)16(3,4)14(15)21-11-6-5-10(8-18)12(17)7-11/h5-7,9,13-14H,1-4H3,(H,19,20). The average Bonchev–Trinajstić information content (AvgIpc) is 2.41. The van der Waals surface area contributed by atoms with Crippen molar-refractivity contribution in [2.45, 2.75) is 39.8 Å². The molecule has 1 saturated carbocycles. The van der Waals surface area contributed by atoms with Crippen molar-refractivity contribution in [3.8, 4) is 11.8 Å². The lowest BCUT2D eigenvalue weighted by Crippen LogP contribution is -2.73. The summed E-state index contributed by atoms with van der Waals surface area (Å²) in [6, 6.07) is 7.12. The summed E-state index contributed by atoms with van der Waals surface area (Å²) >= 11 is 6.03. The smallest absolute Gasteiger partial charge is 0.207 e. The summed E-state index contributed by atoms with van der Waals surface area (Å²) in [7, 11) is 0. The van der Waals surface area contributed by atoms with E-state index in [1.807, 2.05) is 6.07 Å². The predicted molar refractivity (Wildman–Crippen MR) is 81.1 cm³/mol. The first kappa shape index (κ1) is 15.7. The number of nitrogens with zero attached hydrogens (tertiary/aromatic N) is 1. The summed E-state index contributed by atoms with van der Waals surface area (Å²) in [4.78, 5) is 10.8. The van der Waals surface area contributed by atoms with E-state index in [-0.39, 0.29) is 23.0 Å². The molecule has 0 radical (unpaired) electrons. The van der Waals surface area contributed by atoms with Gasteiger partial charge in [0.1, 0.15) is 17.9 Å². The maximum Gasteiger partial charge on any atom is 0.207 e. The second-order valence-corrected chi connectivity index (χ2v) is 7.02. The first-order valence-corrected chi connectivity index (χ1v) is 7.19. The van der Waals surface area contributed by atoms with E-state index in [0.29, 0.717) is 16.3 Å². The molecular weight excluding hydrogens is 288 g/mol. The molecule has 21 heavy (non-hydrogen) atoms. The number of benzene rings is 1. The fourth-order valence-corrected chi connectivity index (χ4v) is 3.93. The van der Waals surface area contributed by atoms with E-state index in [2.05, 4.69) is 33.0 Å². The Balaban J connectivity index is 2.22. The Morgan fingerprint density at radius 2 is 1.95 bits per heavy atom. The van der Waals surface area contributed by atoms with Crippen LogP contribution in [0.2, 0.25) is 5.02 Å². The molecule has 1 aliphatic carbocycles. The van der Waals surface area contributed by atoms with Gasteiger partial charge in [0.15, 0.2) is 0 Å². The molecule has 112 valence electrons. The van der Waals surface area contributed by atoms with Crippen LogP contribution >= 0.6 is 11.6 Å². The summed E-state index contributed by atoms with van der Waals surface area (Å²) in [5.41, 5.74) is 0.0481. The molecule has 0 aromatic heterocycles. The van der Waals surface area contributed by atoms with E-state index in [9.17, 15) is 4.79 Å². The third-order valence-corrected chi connectivity index (χ3v) is 4.70. The van der Waals surface area contributed by atoms with Crippen LogP contribution in [0.25, 0.3) is 0 Å². The third-order valence-electron chi connectivity index (χ3n) is 4.39. The number of halogens is 1. The van der Waals surface area contributed by atoms with Crippen LogP contribution in [0.3, 0.4) is 0 Å². The van der Waals surface area contributed by atoms with Crippen molar-refractivity contribution in [2.75, 3.05) is 0 Å². The van der Waals surface area contributed by atoms with E-state index in [0.717, 1.165) is 6.41 Å². The van der Waals surface area contributed by atoms with Gasteiger partial charge in [0.05, 0.1) is 10.6 Å². The number of nitrogens with one attached hydrogen (secondary N) is 1. The number of carbonyl (C=O) groups is 1. The van der Waals surface area contributed by atoms with Crippen molar-refractivity contribution < 1.29 is 9.53 Å². The first-order valence-electron chi connectivity index (χ1n) is 6.81. The van der Waals surface area contributed by atoms with E-state index in [1.165, 1.54) is 0 Å². The lowest BCUT2D eigenvalue weighted by Gasteiger charge is -2.62. The predicted octanol–water partition coefficient (Wildman–Crippen LogP) is 3.14. The molecule has 1 aromatic carbocycles. The molecule has 1 N–H and O–H groups in total. The molecule has 0 aliphatic heterocycles. The van der Waals surface area contributed by atoms with Crippen molar-refractivity contribution in [1.29, 1.82) is 5.26 Å². The van der Waals surface area contributed by atoms with Crippen LogP contribution in [0.4, 0.5) is 0 Å². The lowest BCUT2D eigenvalue weighted by atomic mass is 9.49. The first-order chi connectivity index (χ1) is 9.75. The van der Waals surface area contributed by atoms with Crippen LogP contribution in [0, 0.1) is 22.2 Å². The zero-order valence-electron chi connectivity index (χ0n) is 12.6. The molecule has 1 amide bonds. The quantitative estimate of drug-likeness (QED) is 0.869. The maximum absolute atomic E-state index is 10.8. The van der Waals surface area contributed by atoms with Crippen LogP contribution in [0.15, 0.2) is 18.2 Å². The van der Waals surface area contributed by atoms with E-state index in [4.69, 9.17) is 21.6 Å². The van der Waals surface area contributed by atoms with Crippen molar-refractivity contribution in [3.05, 3.63) is 28.8 Å². The highest BCUT2D eigenvalue weighted by Crippen LogP contribution is 2.55. The fraction of sp³-hybridized carbons (Fsp3) is 0.500. The molecule has 0 atom stereocenters. The van der Waals surface area contributed by atoms with Gasteiger partial charge in [-0.1, -0.05) is 39.3 Å². The molecule has 0 bridgehead atoms. The van der Waals surface area contributed by atoms with Crippen molar-refractivity contribution in [2.24, 2.45) is 10.8 Å². The van der Waals surface area contributed by atoms with Crippen LogP contribution in [0.1, 0.15) is 33.3 Å². The number of amides is 1. The number of carbonyl (C=O) groups excluding carboxylic acids is 1. The topological polar surface area (TPSA) is 62.1 Å². The Hall–Kier alpha value is -1.73. The van der Waals surface area contributed by atoms with E-state index in [1.54, 1.807) is 18.2 Å². The van der Waals surface area contributed by atoms with Gasteiger partial charge in [-0.15, -0.1) is 0 Å². The molecule has 1 aliphatic rings. The minimum Gasteiger partial charge on any atom is -0.489 e. The normalized spacial score (nSPS) is 25.3. The summed E-state index contributed by atoms with van der Waals surface area (Å²) in [6.07, 6.45) is 0.676. The molecule has 4 nitrogen and oxygen atoms in total. The molecule has 0 spiro atoms. The van der Waals surface area contributed by atoms with Crippen molar-refractivity contribution in [3.63, 3.8) is 0 Å². The molecule has 0 saturated heterocycles. The Morgan fingerprint density at radius 3 is 2.43 bits per heavy atom. The summed E-state index contributed by atoms with van der Waals surface area (Å²) in [6.45, 7) is 8.26. The molecule has 2 rings (SSSR count). The maximum atomic E-state index is 10.8. The summed E-state index contributed by atoms with van der Waals surface area (Å²) in [5, 5.41) is 12.2. The SMILES string of the molecule is CC1(C)C(NC=O)C(C)(C)C1Oc1ccc(C#N)c(Cl)c1. The molecular formula is C16H19ClN2O2. The van der Waals surface area contributed by atoms with Gasteiger partial charge >= 0.3 is 0 Å². The summed E-state index contributed by atoms with van der Waals surface area (Å²) < 4.78 is 6.09. The number of rotatable bonds is 4. The van der Waals surface area contributed by atoms with Crippen molar-refractivity contribution >= 4 is 18.0 Å². The second kappa shape index (κ2) is 5.23. The lowest BCUT2D eigenvalue weighted by molar-refractivity contribution is -0.169. The van der Waals surface area contributed by atoms with Crippen LogP contribution < -0.4 is 10.1 Å². The van der Waals surface area contributed by atoms with Gasteiger partial charge in [0.2, 0.25) is 6.41 Å². The van der Waals surface area contributed by atoms with Crippen molar-refractivity contribution in [1.82, 2.24) is 5.32 Å². The highest BCUT2D eigenvalue weighted by molar-refractivity contribution is 6.31. The van der Waals surface area contributed by atoms with Gasteiger partial charge in [-0.2, -0.15) is 5.26 Å². The van der Waals surface area contributed by atoms with Gasteiger partial charge in [0.25, 0.3) is 0 Å². The molecule has 0 unspecified atom stereocenters. The molecule has 1 aromatic rings. The Labute approximate surface area is 130 Å². The largest absolute Gasteiger partial charge is 0.489 e. The van der Waals surface area contributed by atoms with Gasteiger partial charge in [-0.3, -0.25) is 4.79 Å². The van der Waals surface area contributed by atoms with Gasteiger partial charge in [-0.05, 0) is 12.1 Å². The van der Waals surface area contributed by atoms with Crippen LogP contribution in [0.5, 0.6) is 5.75 Å². The highest BCUT2D eigenvalue weighted by Gasteiger charge is 2.63. The molecule has 1 fully saturated rings. The molecule has 5 heteroatoms. The number of hydrogen-bond donors (Lipinski definition) is 1. The van der Waals surface area contributed by atoms with Gasteiger partial charge < -0.3 is 10.1 Å². The Bertz CT molecular complexity index is 589. The zero-order valence-corrected chi connectivity index (χ0v) is 13.4. The minimum absolute atomic E-state index is 0.0429. The van der Waals surface area contributed by atoms with Crippen LogP contribution in [-0.4, -0.2) is 18.6 Å². The minimum atomic E-state index is -0.190. The average molecular weight is 307 g/mol. The number of hydrogen-bond acceptors (Lipinski definition) is 3. The second-order valence-electron chi connectivity index (χ2n) is 6.61. The number of ether oxygens (including phenoxy) is 1. The van der Waals surface area contributed by atoms with E-state index < -0.39 is 0 Å². The van der Waals surface area contributed by atoms with Crippen LogP contribution in [-0.2, 0) is 4.79 Å². The van der Waals surface area contributed by atoms with Gasteiger partial charge in [-0.25, -0.2) is 0 Å². The highest BCUT2D eigenvalue weighted by atomic mass is 35.5. The Morgan fingerprint density at radius 1 is 1.33 bits per heavy atom. The molecule has 0 heterocycles. The monoisotopic (exact) mass is 306 g/mol. The van der Waals surface area contributed by atoms with Gasteiger partial charge in [0, 0.05) is 22.9 Å². The van der Waals surface area contributed by atoms with E-state index >= 15 is 0 Å². The third kappa shape index (κ3) is 2.47. The fourth-order valence-electron chi connectivity index (χ4n) is 3.72. The number of nitriles is 1. The zero-order chi connectivity index (χ0) is 15.8. The summed E-state index contributed by atoms with van der Waals surface area (Å²) in [5.74, 6) is 0.634.